The SMILES string of the molecule is N#CC1=C(N)Oc2cc(OC(=O)COc3ccc(F)cc3)ccc2C1c1ccccc1F. The average Bonchev–Trinajstić information content (AvgIpc) is 2.78. The fourth-order valence-electron chi connectivity index (χ4n) is 3.36. The van der Waals surface area contributed by atoms with Crippen LogP contribution in [0.1, 0.15) is 17.0 Å². The first kappa shape index (κ1) is 20.9. The van der Waals surface area contributed by atoms with E-state index in [2.05, 4.69) is 0 Å². The zero-order valence-corrected chi connectivity index (χ0v) is 16.5. The molecule has 8 heteroatoms. The highest BCUT2D eigenvalue weighted by molar-refractivity contribution is 5.74. The summed E-state index contributed by atoms with van der Waals surface area (Å²) in [6.07, 6.45) is 0. The highest BCUT2D eigenvalue weighted by Gasteiger charge is 2.32. The Bertz CT molecular complexity index is 1250. The molecule has 1 aliphatic rings. The summed E-state index contributed by atoms with van der Waals surface area (Å²) < 4.78 is 43.5. The van der Waals surface area contributed by atoms with E-state index < -0.39 is 30.1 Å². The van der Waals surface area contributed by atoms with Crippen molar-refractivity contribution in [1.82, 2.24) is 0 Å². The second-order valence-corrected chi connectivity index (χ2v) is 6.86. The molecule has 0 bridgehead atoms. The molecular formula is C24H16F2N2O4. The third-order valence-electron chi connectivity index (χ3n) is 4.81. The minimum atomic E-state index is -0.767. The molecular weight excluding hydrogens is 418 g/mol. The Morgan fingerprint density at radius 3 is 2.47 bits per heavy atom. The van der Waals surface area contributed by atoms with Crippen molar-refractivity contribution in [1.29, 1.82) is 5.26 Å². The van der Waals surface area contributed by atoms with Crippen molar-refractivity contribution in [3.63, 3.8) is 0 Å². The molecule has 0 fully saturated rings. The Hall–Kier alpha value is -4.38. The van der Waals surface area contributed by atoms with E-state index in [0.717, 1.165) is 0 Å². The topological polar surface area (TPSA) is 94.6 Å². The molecule has 6 nitrogen and oxygen atoms in total. The first-order valence-electron chi connectivity index (χ1n) is 9.51. The number of fused-ring (bicyclic) bond motifs is 1. The molecule has 3 aromatic carbocycles. The van der Waals surface area contributed by atoms with Crippen LogP contribution in [0.3, 0.4) is 0 Å². The highest BCUT2D eigenvalue weighted by atomic mass is 19.1. The van der Waals surface area contributed by atoms with E-state index in [0.29, 0.717) is 11.3 Å². The number of nitriles is 1. The Balaban J connectivity index is 1.55. The van der Waals surface area contributed by atoms with Gasteiger partial charge in [0.05, 0.1) is 5.92 Å². The molecule has 32 heavy (non-hydrogen) atoms. The number of nitrogens with two attached hydrogens (primary N) is 1. The Labute approximate surface area is 182 Å². The summed E-state index contributed by atoms with van der Waals surface area (Å²) in [6.45, 7) is -0.401. The largest absolute Gasteiger partial charge is 0.482 e. The van der Waals surface area contributed by atoms with Gasteiger partial charge in [0.25, 0.3) is 0 Å². The fraction of sp³-hybridized carbons (Fsp3) is 0.0833. The summed E-state index contributed by atoms with van der Waals surface area (Å²) in [7, 11) is 0. The molecule has 2 N–H and O–H groups in total. The zero-order chi connectivity index (χ0) is 22.7. The van der Waals surface area contributed by atoms with Crippen molar-refractivity contribution in [2.45, 2.75) is 5.92 Å². The monoisotopic (exact) mass is 434 g/mol. The first-order valence-corrected chi connectivity index (χ1v) is 9.51. The summed E-state index contributed by atoms with van der Waals surface area (Å²) in [6, 6.07) is 17.8. The lowest BCUT2D eigenvalue weighted by atomic mass is 9.83. The zero-order valence-electron chi connectivity index (χ0n) is 16.5. The Morgan fingerprint density at radius 2 is 1.75 bits per heavy atom. The Morgan fingerprint density at radius 1 is 1.03 bits per heavy atom. The third kappa shape index (κ3) is 4.23. The lowest BCUT2D eigenvalue weighted by molar-refractivity contribution is -0.136. The lowest BCUT2D eigenvalue weighted by Crippen LogP contribution is -2.22. The second kappa shape index (κ2) is 8.78. The van der Waals surface area contributed by atoms with Crippen molar-refractivity contribution in [3.05, 3.63) is 101 Å². The number of hydrogen-bond donors (Lipinski definition) is 1. The van der Waals surface area contributed by atoms with Crippen LogP contribution < -0.4 is 19.9 Å². The quantitative estimate of drug-likeness (QED) is 0.479. The predicted molar refractivity (Wildman–Crippen MR) is 110 cm³/mol. The van der Waals surface area contributed by atoms with Gasteiger partial charge < -0.3 is 19.9 Å². The van der Waals surface area contributed by atoms with Crippen LogP contribution in [0.25, 0.3) is 0 Å². The standard InChI is InChI=1S/C24H16F2N2O4/c25-14-5-7-15(8-6-14)30-13-22(29)31-16-9-10-18-21(11-16)32-24(28)19(12-27)23(18)17-3-1-2-4-20(17)26/h1-11,23H,13,28H2. The smallest absolute Gasteiger partial charge is 0.349 e. The van der Waals surface area contributed by atoms with Crippen molar-refractivity contribution >= 4 is 5.97 Å². The summed E-state index contributed by atoms with van der Waals surface area (Å²) >= 11 is 0. The minimum absolute atomic E-state index is 0.0834. The number of rotatable bonds is 5. The molecule has 0 amide bonds. The number of esters is 1. The fourth-order valence-corrected chi connectivity index (χ4v) is 3.36. The van der Waals surface area contributed by atoms with E-state index in [1.807, 2.05) is 6.07 Å². The number of hydrogen-bond acceptors (Lipinski definition) is 6. The van der Waals surface area contributed by atoms with Crippen LogP contribution in [0.15, 0.2) is 78.2 Å². The third-order valence-corrected chi connectivity index (χ3v) is 4.81. The van der Waals surface area contributed by atoms with Gasteiger partial charge in [-0.2, -0.15) is 5.26 Å². The van der Waals surface area contributed by atoms with E-state index in [1.54, 1.807) is 24.3 Å². The van der Waals surface area contributed by atoms with Gasteiger partial charge in [-0.25, -0.2) is 13.6 Å². The van der Waals surface area contributed by atoms with Gasteiger partial charge in [-0.15, -0.1) is 0 Å². The normalized spacial score (nSPS) is 14.7. The summed E-state index contributed by atoms with van der Waals surface area (Å²) in [5, 5.41) is 9.56. The molecule has 0 aromatic heterocycles. The molecule has 0 spiro atoms. The van der Waals surface area contributed by atoms with Crippen LogP contribution >= 0.6 is 0 Å². The van der Waals surface area contributed by atoms with Gasteiger partial charge in [0, 0.05) is 17.2 Å². The van der Waals surface area contributed by atoms with Crippen molar-refractivity contribution in [2.24, 2.45) is 5.73 Å². The van der Waals surface area contributed by atoms with Crippen LogP contribution in [0.2, 0.25) is 0 Å². The molecule has 160 valence electrons. The Kier molecular flexibility index (Phi) is 5.73. The molecule has 0 saturated carbocycles. The molecule has 0 aliphatic carbocycles. The molecule has 0 radical (unpaired) electrons. The van der Waals surface area contributed by atoms with Crippen molar-refractivity contribution in [3.8, 4) is 23.3 Å². The number of nitrogens with zero attached hydrogens (tertiary/aromatic N) is 1. The highest BCUT2D eigenvalue weighted by Crippen LogP contribution is 2.44. The van der Waals surface area contributed by atoms with Crippen LogP contribution in [0.5, 0.6) is 17.2 Å². The van der Waals surface area contributed by atoms with Crippen LogP contribution in [0.4, 0.5) is 8.78 Å². The van der Waals surface area contributed by atoms with Gasteiger partial charge in [0.1, 0.15) is 40.5 Å². The van der Waals surface area contributed by atoms with Gasteiger partial charge in [0.15, 0.2) is 6.61 Å². The van der Waals surface area contributed by atoms with Gasteiger partial charge in [-0.05, 0) is 36.4 Å². The summed E-state index contributed by atoms with van der Waals surface area (Å²) in [4.78, 5) is 12.1. The maximum absolute atomic E-state index is 14.5. The summed E-state index contributed by atoms with van der Waals surface area (Å²) in [5.41, 5.74) is 6.77. The van der Waals surface area contributed by atoms with Crippen LogP contribution in [-0.4, -0.2) is 12.6 Å². The minimum Gasteiger partial charge on any atom is -0.482 e. The predicted octanol–water partition coefficient (Wildman–Crippen LogP) is 4.17. The maximum atomic E-state index is 14.5. The lowest BCUT2D eigenvalue weighted by Gasteiger charge is -2.27. The molecule has 1 aliphatic heterocycles. The van der Waals surface area contributed by atoms with Gasteiger partial charge in [-0.3, -0.25) is 0 Å². The van der Waals surface area contributed by atoms with Gasteiger partial charge in [-0.1, -0.05) is 24.3 Å². The van der Waals surface area contributed by atoms with Crippen molar-refractivity contribution in [2.75, 3.05) is 6.61 Å². The van der Waals surface area contributed by atoms with E-state index >= 15 is 0 Å². The van der Waals surface area contributed by atoms with Gasteiger partial charge >= 0.3 is 5.97 Å². The molecule has 0 saturated heterocycles. The van der Waals surface area contributed by atoms with E-state index in [-0.39, 0.29) is 28.5 Å². The average molecular weight is 434 g/mol. The number of benzene rings is 3. The second-order valence-electron chi connectivity index (χ2n) is 6.86. The van der Waals surface area contributed by atoms with Crippen LogP contribution in [0, 0.1) is 23.0 Å². The maximum Gasteiger partial charge on any atom is 0.349 e. The molecule has 3 aromatic rings. The molecule has 4 rings (SSSR count). The van der Waals surface area contributed by atoms with E-state index in [1.165, 1.54) is 42.5 Å². The van der Waals surface area contributed by atoms with Crippen molar-refractivity contribution < 1.29 is 27.8 Å². The summed E-state index contributed by atoms with van der Waals surface area (Å²) in [5.74, 6) is -1.83. The van der Waals surface area contributed by atoms with E-state index in [9.17, 15) is 18.8 Å². The number of halogens is 2. The number of allylic oxidation sites excluding steroid dienone is 1. The molecule has 1 unspecified atom stereocenters. The number of carbonyl (C=O) groups is 1. The molecule has 1 heterocycles. The first-order chi connectivity index (χ1) is 15.5. The number of carbonyl (C=O) groups excluding carboxylic acids is 1. The van der Waals surface area contributed by atoms with Crippen LogP contribution in [-0.2, 0) is 4.79 Å². The van der Waals surface area contributed by atoms with E-state index in [4.69, 9.17) is 19.9 Å². The van der Waals surface area contributed by atoms with Gasteiger partial charge in [0.2, 0.25) is 5.88 Å². The molecule has 1 atom stereocenters. The number of ether oxygens (including phenoxy) is 3.